The molecule has 0 fully saturated rings. The third-order valence-electron chi connectivity index (χ3n) is 2.35. The van der Waals surface area contributed by atoms with E-state index in [9.17, 15) is 18.0 Å². The maximum atomic E-state index is 13.6. The Morgan fingerprint density at radius 2 is 2.00 bits per heavy atom. The molecule has 0 bridgehead atoms. The molecule has 0 unspecified atom stereocenters. The van der Waals surface area contributed by atoms with Gasteiger partial charge in [-0.05, 0) is 13.0 Å². The molecular formula is C11H7ClF3NO2. The summed E-state index contributed by atoms with van der Waals surface area (Å²) in [5.74, 6) is -4.76. The van der Waals surface area contributed by atoms with Crippen molar-refractivity contribution in [2.45, 2.75) is 6.92 Å². The van der Waals surface area contributed by atoms with Gasteiger partial charge in [0, 0.05) is 5.39 Å². The van der Waals surface area contributed by atoms with E-state index in [1.165, 1.54) is 0 Å². The largest absolute Gasteiger partial charge is 0.461 e. The van der Waals surface area contributed by atoms with E-state index in [4.69, 9.17) is 11.6 Å². The van der Waals surface area contributed by atoms with Gasteiger partial charge in [-0.2, -0.15) is 0 Å². The minimum atomic E-state index is -1.50. The maximum Gasteiger partial charge on any atom is 0.354 e. The number of hydrogen-bond donors (Lipinski definition) is 1. The average molecular weight is 278 g/mol. The number of fused-ring (bicyclic) bond motifs is 1. The third kappa shape index (κ3) is 1.82. The zero-order valence-corrected chi connectivity index (χ0v) is 9.87. The Hall–Kier alpha value is -1.69. The molecule has 0 saturated carbocycles. The number of benzene rings is 1. The van der Waals surface area contributed by atoms with Crippen molar-refractivity contribution >= 4 is 28.5 Å². The summed E-state index contributed by atoms with van der Waals surface area (Å²) in [6.45, 7) is 1.69. The second kappa shape index (κ2) is 4.53. The standard InChI is InChI=1S/C11H7ClF3NO2/c1-2-18-11(17)5-3-4-7(13)6(12)8(14)9(15)10(4)16-5/h3,16H,2H2,1H3. The monoisotopic (exact) mass is 277 g/mol. The van der Waals surface area contributed by atoms with Crippen LogP contribution in [0.4, 0.5) is 13.2 Å². The molecule has 2 rings (SSSR count). The molecule has 0 saturated heterocycles. The molecule has 18 heavy (non-hydrogen) atoms. The number of carbonyl (C=O) groups is 1. The van der Waals surface area contributed by atoms with E-state index in [2.05, 4.69) is 9.72 Å². The van der Waals surface area contributed by atoms with E-state index in [1.54, 1.807) is 6.92 Å². The van der Waals surface area contributed by atoms with Gasteiger partial charge in [-0.3, -0.25) is 0 Å². The predicted octanol–water partition coefficient (Wildman–Crippen LogP) is 3.42. The highest BCUT2D eigenvalue weighted by atomic mass is 35.5. The van der Waals surface area contributed by atoms with E-state index in [0.717, 1.165) is 6.07 Å². The fourth-order valence-electron chi connectivity index (χ4n) is 1.54. The molecule has 96 valence electrons. The lowest BCUT2D eigenvalue weighted by molar-refractivity contribution is 0.0520. The first-order valence-electron chi connectivity index (χ1n) is 4.99. The number of hydrogen-bond acceptors (Lipinski definition) is 2. The number of carbonyl (C=O) groups excluding carboxylic acids is 1. The van der Waals surface area contributed by atoms with Crippen LogP contribution in [-0.2, 0) is 4.74 Å². The topological polar surface area (TPSA) is 42.1 Å². The molecule has 1 aromatic heterocycles. The number of esters is 1. The van der Waals surface area contributed by atoms with Crippen LogP contribution in [0.15, 0.2) is 6.07 Å². The first-order chi connectivity index (χ1) is 8.47. The van der Waals surface area contributed by atoms with Gasteiger partial charge >= 0.3 is 5.97 Å². The maximum absolute atomic E-state index is 13.6. The summed E-state index contributed by atoms with van der Waals surface area (Å²) in [4.78, 5) is 13.7. The van der Waals surface area contributed by atoms with Crippen molar-refractivity contribution in [3.8, 4) is 0 Å². The van der Waals surface area contributed by atoms with Crippen molar-refractivity contribution in [1.29, 1.82) is 0 Å². The molecular weight excluding hydrogens is 271 g/mol. The lowest BCUT2D eigenvalue weighted by Crippen LogP contribution is -2.04. The molecule has 0 atom stereocenters. The number of ether oxygens (including phenoxy) is 1. The molecule has 0 aliphatic carbocycles. The Balaban J connectivity index is 2.68. The van der Waals surface area contributed by atoms with E-state index in [1.807, 2.05) is 0 Å². The molecule has 0 spiro atoms. The van der Waals surface area contributed by atoms with Gasteiger partial charge in [0.1, 0.15) is 10.7 Å². The highest BCUT2D eigenvalue weighted by Gasteiger charge is 2.22. The highest BCUT2D eigenvalue weighted by Crippen LogP contribution is 2.31. The van der Waals surface area contributed by atoms with Crippen molar-refractivity contribution in [2.75, 3.05) is 6.61 Å². The Labute approximate surface area is 104 Å². The summed E-state index contributed by atoms with van der Waals surface area (Å²) in [7, 11) is 0. The van der Waals surface area contributed by atoms with Crippen LogP contribution in [0.3, 0.4) is 0 Å². The second-order valence-corrected chi connectivity index (χ2v) is 3.83. The Kier molecular flexibility index (Phi) is 3.21. The van der Waals surface area contributed by atoms with Gasteiger partial charge in [0.05, 0.1) is 12.1 Å². The van der Waals surface area contributed by atoms with Gasteiger partial charge in [0.15, 0.2) is 17.5 Å². The minimum absolute atomic E-state index is 0.105. The minimum Gasteiger partial charge on any atom is -0.461 e. The fraction of sp³-hybridized carbons (Fsp3) is 0.182. The smallest absolute Gasteiger partial charge is 0.354 e. The number of nitrogens with one attached hydrogen (secondary N) is 1. The summed E-state index contributed by atoms with van der Waals surface area (Å²) in [5, 5.41) is -1.25. The molecule has 0 aliphatic rings. The van der Waals surface area contributed by atoms with Crippen LogP contribution in [0.2, 0.25) is 5.02 Å². The van der Waals surface area contributed by atoms with Crippen molar-refractivity contribution in [2.24, 2.45) is 0 Å². The fourth-order valence-corrected chi connectivity index (χ4v) is 1.73. The first-order valence-corrected chi connectivity index (χ1v) is 5.37. The number of halogens is 4. The molecule has 2 aromatic rings. The van der Waals surface area contributed by atoms with Gasteiger partial charge < -0.3 is 9.72 Å². The van der Waals surface area contributed by atoms with Crippen molar-refractivity contribution in [3.63, 3.8) is 0 Å². The van der Waals surface area contributed by atoms with Crippen LogP contribution in [0, 0.1) is 17.5 Å². The summed E-state index contributed by atoms with van der Waals surface area (Å²) in [6, 6.07) is 1.02. The van der Waals surface area contributed by atoms with Gasteiger partial charge in [0.25, 0.3) is 0 Å². The van der Waals surface area contributed by atoms with Crippen LogP contribution in [0.25, 0.3) is 10.9 Å². The Morgan fingerprint density at radius 3 is 2.61 bits per heavy atom. The lowest BCUT2D eigenvalue weighted by Gasteiger charge is -2.00. The zero-order chi connectivity index (χ0) is 13.4. The van der Waals surface area contributed by atoms with Crippen molar-refractivity contribution in [3.05, 3.63) is 34.2 Å². The highest BCUT2D eigenvalue weighted by molar-refractivity contribution is 6.31. The van der Waals surface area contributed by atoms with E-state index in [0.29, 0.717) is 0 Å². The van der Waals surface area contributed by atoms with Crippen LogP contribution in [-0.4, -0.2) is 17.6 Å². The van der Waals surface area contributed by atoms with Gasteiger partial charge in [0.2, 0.25) is 0 Å². The van der Waals surface area contributed by atoms with E-state index in [-0.39, 0.29) is 17.7 Å². The van der Waals surface area contributed by atoms with Crippen LogP contribution in [0.1, 0.15) is 17.4 Å². The summed E-state index contributed by atoms with van der Waals surface area (Å²) in [5.41, 5.74) is -0.635. The number of aromatic amines is 1. The predicted molar refractivity (Wildman–Crippen MR) is 59.1 cm³/mol. The summed E-state index contributed by atoms with van der Waals surface area (Å²) in [6.07, 6.45) is 0. The molecule has 0 aliphatic heterocycles. The molecule has 0 amide bonds. The summed E-state index contributed by atoms with van der Waals surface area (Å²) >= 11 is 5.29. The van der Waals surface area contributed by atoms with Gasteiger partial charge in [-0.25, -0.2) is 18.0 Å². The average Bonchev–Trinajstić information content (AvgIpc) is 2.79. The van der Waals surface area contributed by atoms with Crippen LogP contribution < -0.4 is 0 Å². The van der Waals surface area contributed by atoms with E-state index >= 15 is 0 Å². The van der Waals surface area contributed by atoms with Gasteiger partial charge in [-0.15, -0.1) is 0 Å². The third-order valence-corrected chi connectivity index (χ3v) is 2.68. The van der Waals surface area contributed by atoms with E-state index < -0.39 is 34.0 Å². The van der Waals surface area contributed by atoms with Gasteiger partial charge in [-0.1, -0.05) is 11.6 Å². The first kappa shape index (κ1) is 12.8. The van der Waals surface area contributed by atoms with Crippen molar-refractivity contribution in [1.82, 2.24) is 4.98 Å². The van der Waals surface area contributed by atoms with Crippen molar-refractivity contribution < 1.29 is 22.7 Å². The molecule has 1 N–H and O–H groups in total. The molecule has 1 aromatic carbocycles. The molecule has 3 nitrogen and oxygen atoms in total. The molecule has 0 radical (unpaired) electrons. The second-order valence-electron chi connectivity index (χ2n) is 3.45. The SMILES string of the molecule is CCOC(=O)c1cc2c(F)c(Cl)c(F)c(F)c2[nH]1. The zero-order valence-electron chi connectivity index (χ0n) is 9.11. The van der Waals surface area contributed by atoms with Crippen LogP contribution >= 0.6 is 11.6 Å². The number of aromatic nitrogens is 1. The number of H-pyrrole nitrogens is 1. The lowest BCUT2D eigenvalue weighted by atomic mass is 10.2. The molecule has 1 heterocycles. The molecule has 7 heteroatoms. The Morgan fingerprint density at radius 1 is 1.33 bits per heavy atom. The number of rotatable bonds is 2. The normalized spacial score (nSPS) is 10.9. The Bertz CT molecular complexity index is 594. The van der Waals surface area contributed by atoms with Crippen LogP contribution in [0.5, 0.6) is 0 Å². The quantitative estimate of drug-likeness (QED) is 0.519. The summed E-state index contributed by atoms with van der Waals surface area (Å²) < 4.78 is 44.9.